The lowest BCUT2D eigenvalue weighted by molar-refractivity contribution is -0.385. The van der Waals surface area contributed by atoms with E-state index in [0.717, 1.165) is 18.2 Å². The van der Waals surface area contributed by atoms with E-state index in [0.29, 0.717) is 0 Å². The molecule has 0 aliphatic heterocycles. The second-order valence-electron chi connectivity index (χ2n) is 3.33. The average Bonchev–Trinajstić information content (AvgIpc) is 2.26. The van der Waals surface area contributed by atoms with E-state index in [-0.39, 0.29) is 5.02 Å². The fourth-order valence-corrected chi connectivity index (χ4v) is 2.97. The molecule has 0 unspecified atom stereocenters. The maximum Gasteiger partial charge on any atom is 0.304 e. The molecule has 0 radical (unpaired) electrons. The van der Waals surface area contributed by atoms with Gasteiger partial charge in [0.15, 0.2) is 9.84 Å². The Hall–Kier alpha value is -1.67. The van der Waals surface area contributed by atoms with E-state index in [1.807, 2.05) is 0 Å². The summed E-state index contributed by atoms with van der Waals surface area (Å²) in [5, 5.41) is 18.8. The van der Waals surface area contributed by atoms with Gasteiger partial charge in [0.2, 0.25) is 0 Å². The number of carbonyl (C=O) groups is 1. The van der Waals surface area contributed by atoms with Gasteiger partial charge in [-0.05, 0) is 6.07 Å². The van der Waals surface area contributed by atoms with E-state index < -0.39 is 43.5 Å². The Bertz CT molecular complexity index is 597. The number of nitro benzene ring substituents is 1. The van der Waals surface area contributed by atoms with Crippen LogP contribution in [-0.2, 0) is 14.6 Å². The lowest BCUT2D eigenvalue weighted by Crippen LogP contribution is -2.11. The zero-order chi connectivity index (χ0) is 13.9. The first-order valence-corrected chi connectivity index (χ1v) is 6.65. The number of carboxylic acids is 1. The average molecular weight is 294 g/mol. The van der Waals surface area contributed by atoms with E-state index >= 15 is 0 Å². The number of halogens is 1. The molecule has 1 rings (SSSR count). The Balaban J connectivity index is 3.18. The standard InChI is InChI=1S/C9H8ClNO6S/c10-7-2-1-6(11(14)15)5-8(7)18(16,17)4-3-9(12)13/h1-2,5H,3-4H2,(H,12,13). The summed E-state index contributed by atoms with van der Waals surface area (Å²) in [5.41, 5.74) is -0.423. The van der Waals surface area contributed by atoms with Crippen LogP contribution < -0.4 is 0 Å². The number of nitro groups is 1. The van der Waals surface area contributed by atoms with Crippen LogP contribution in [0.15, 0.2) is 23.1 Å². The van der Waals surface area contributed by atoms with Crippen molar-refractivity contribution in [2.45, 2.75) is 11.3 Å². The highest BCUT2D eigenvalue weighted by atomic mass is 35.5. The molecule has 0 aliphatic rings. The summed E-state index contributed by atoms with van der Waals surface area (Å²) in [6.07, 6.45) is -0.596. The van der Waals surface area contributed by atoms with Crippen molar-refractivity contribution >= 4 is 33.1 Å². The zero-order valence-corrected chi connectivity index (χ0v) is 10.4. The highest BCUT2D eigenvalue weighted by Gasteiger charge is 2.22. The van der Waals surface area contributed by atoms with Crippen molar-refractivity contribution in [2.75, 3.05) is 5.75 Å². The molecule has 0 atom stereocenters. The predicted octanol–water partition coefficient (Wildman–Crippen LogP) is 1.50. The normalized spacial score (nSPS) is 11.2. The molecule has 18 heavy (non-hydrogen) atoms. The van der Waals surface area contributed by atoms with E-state index in [9.17, 15) is 23.3 Å². The highest BCUT2D eigenvalue weighted by molar-refractivity contribution is 7.91. The van der Waals surface area contributed by atoms with Gasteiger partial charge in [0, 0.05) is 12.1 Å². The third kappa shape index (κ3) is 3.41. The van der Waals surface area contributed by atoms with Gasteiger partial charge in [-0.25, -0.2) is 8.42 Å². The molecule has 98 valence electrons. The lowest BCUT2D eigenvalue weighted by atomic mass is 10.3. The minimum Gasteiger partial charge on any atom is -0.481 e. The van der Waals surface area contributed by atoms with Crippen LogP contribution in [0.25, 0.3) is 0 Å². The summed E-state index contributed by atoms with van der Waals surface area (Å²) in [6.45, 7) is 0. The van der Waals surface area contributed by atoms with E-state index in [2.05, 4.69) is 0 Å². The van der Waals surface area contributed by atoms with Crippen molar-refractivity contribution in [3.05, 3.63) is 33.3 Å². The van der Waals surface area contributed by atoms with Gasteiger partial charge in [0.25, 0.3) is 5.69 Å². The smallest absolute Gasteiger partial charge is 0.304 e. The molecule has 1 N–H and O–H groups in total. The molecule has 9 heteroatoms. The van der Waals surface area contributed by atoms with Crippen LogP contribution in [0.5, 0.6) is 0 Å². The van der Waals surface area contributed by atoms with Crippen LogP contribution in [0.2, 0.25) is 5.02 Å². The molecule has 0 aliphatic carbocycles. The van der Waals surface area contributed by atoms with Gasteiger partial charge in [0.05, 0.1) is 27.0 Å². The van der Waals surface area contributed by atoms with Crippen LogP contribution in [0, 0.1) is 10.1 Å². The molecule has 0 saturated heterocycles. The van der Waals surface area contributed by atoms with Crippen LogP contribution in [-0.4, -0.2) is 30.2 Å². The molecule has 0 saturated carbocycles. The van der Waals surface area contributed by atoms with Gasteiger partial charge < -0.3 is 5.11 Å². The van der Waals surface area contributed by atoms with Crippen molar-refractivity contribution < 1.29 is 23.2 Å². The molecule has 1 aromatic carbocycles. The number of hydrogen-bond acceptors (Lipinski definition) is 5. The Morgan fingerprint density at radius 1 is 1.44 bits per heavy atom. The van der Waals surface area contributed by atoms with Crippen LogP contribution in [0.3, 0.4) is 0 Å². The molecule has 0 aromatic heterocycles. The summed E-state index contributed by atoms with van der Waals surface area (Å²) in [7, 11) is -3.96. The van der Waals surface area contributed by atoms with E-state index in [1.54, 1.807) is 0 Å². The Kier molecular flexibility index (Phi) is 4.25. The minimum atomic E-state index is -3.96. The van der Waals surface area contributed by atoms with Crippen LogP contribution >= 0.6 is 11.6 Å². The van der Waals surface area contributed by atoms with Gasteiger partial charge in [0.1, 0.15) is 0 Å². The van der Waals surface area contributed by atoms with Crippen molar-refractivity contribution in [2.24, 2.45) is 0 Å². The van der Waals surface area contributed by atoms with Crippen LogP contribution in [0.4, 0.5) is 5.69 Å². The predicted molar refractivity (Wildman–Crippen MR) is 62.4 cm³/mol. The van der Waals surface area contributed by atoms with Gasteiger partial charge in [-0.2, -0.15) is 0 Å². The van der Waals surface area contributed by atoms with Crippen molar-refractivity contribution in [3.8, 4) is 0 Å². The molecule has 0 spiro atoms. The topological polar surface area (TPSA) is 115 Å². The number of rotatable bonds is 5. The lowest BCUT2D eigenvalue weighted by Gasteiger charge is -2.04. The largest absolute Gasteiger partial charge is 0.481 e. The third-order valence-corrected chi connectivity index (χ3v) is 4.24. The van der Waals surface area contributed by atoms with Crippen LogP contribution in [0.1, 0.15) is 6.42 Å². The van der Waals surface area contributed by atoms with Gasteiger partial charge in [-0.15, -0.1) is 0 Å². The van der Waals surface area contributed by atoms with Gasteiger partial charge in [-0.1, -0.05) is 11.6 Å². The maximum atomic E-state index is 11.8. The minimum absolute atomic E-state index is 0.175. The SMILES string of the molecule is O=C(O)CCS(=O)(=O)c1cc([N+](=O)[O-])ccc1Cl. The Labute approximate surface area is 107 Å². The first-order valence-electron chi connectivity index (χ1n) is 4.62. The Morgan fingerprint density at radius 3 is 2.56 bits per heavy atom. The molecule has 1 aromatic rings. The number of non-ortho nitro benzene ring substituents is 1. The molecular formula is C9H8ClNO6S. The molecule has 0 amide bonds. The summed E-state index contributed by atoms with van der Waals surface area (Å²) in [6, 6.07) is 2.98. The fourth-order valence-electron chi connectivity index (χ4n) is 1.18. The summed E-state index contributed by atoms with van der Waals surface area (Å²) >= 11 is 5.65. The van der Waals surface area contributed by atoms with Gasteiger partial charge in [-0.3, -0.25) is 14.9 Å². The fraction of sp³-hybridized carbons (Fsp3) is 0.222. The summed E-state index contributed by atoms with van der Waals surface area (Å²) in [5.74, 6) is -1.94. The molecular weight excluding hydrogens is 286 g/mol. The van der Waals surface area contributed by atoms with E-state index in [1.165, 1.54) is 0 Å². The number of hydrogen-bond donors (Lipinski definition) is 1. The highest BCUT2D eigenvalue weighted by Crippen LogP contribution is 2.27. The van der Waals surface area contributed by atoms with E-state index in [4.69, 9.17) is 16.7 Å². The second kappa shape index (κ2) is 5.32. The van der Waals surface area contributed by atoms with Crippen molar-refractivity contribution in [1.29, 1.82) is 0 Å². The first kappa shape index (κ1) is 14.4. The number of aliphatic carboxylic acids is 1. The summed E-state index contributed by atoms with van der Waals surface area (Å²) < 4.78 is 23.5. The molecule has 7 nitrogen and oxygen atoms in total. The maximum absolute atomic E-state index is 11.8. The molecule has 0 fully saturated rings. The number of sulfone groups is 1. The monoisotopic (exact) mass is 293 g/mol. The zero-order valence-electron chi connectivity index (χ0n) is 8.87. The molecule has 0 heterocycles. The van der Waals surface area contributed by atoms with Gasteiger partial charge >= 0.3 is 5.97 Å². The Morgan fingerprint density at radius 2 is 2.06 bits per heavy atom. The number of nitrogens with zero attached hydrogens (tertiary/aromatic N) is 1. The van der Waals surface area contributed by atoms with Crippen molar-refractivity contribution in [1.82, 2.24) is 0 Å². The number of benzene rings is 1. The quantitative estimate of drug-likeness (QED) is 0.650. The third-order valence-electron chi connectivity index (χ3n) is 2.05. The summed E-state index contributed by atoms with van der Waals surface area (Å²) in [4.78, 5) is 19.7. The second-order valence-corrected chi connectivity index (χ2v) is 5.82. The first-order chi connectivity index (χ1) is 8.24. The molecule has 0 bridgehead atoms. The number of carboxylic acid groups (broad SMARTS) is 1. The van der Waals surface area contributed by atoms with Crippen molar-refractivity contribution in [3.63, 3.8) is 0 Å².